The van der Waals surface area contributed by atoms with E-state index in [2.05, 4.69) is 11.4 Å². The molecule has 1 aliphatic carbocycles. The highest BCUT2D eigenvalue weighted by molar-refractivity contribution is 7.20. The molecule has 4 heteroatoms. The van der Waals surface area contributed by atoms with E-state index in [0.29, 0.717) is 0 Å². The van der Waals surface area contributed by atoms with Crippen LogP contribution in [0.4, 0.5) is 0 Å². The van der Waals surface area contributed by atoms with Gasteiger partial charge in [0.05, 0.1) is 16.9 Å². The molecule has 19 heavy (non-hydrogen) atoms. The molecule has 0 bridgehead atoms. The summed E-state index contributed by atoms with van der Waals surface area (Å²) in [6.45, 7) is 0. The summed E-state index contributed by atoms with van der Waals surface area (Å²) >= 11 is 1.50. The number of nitrogens with one attached hydrogen (secondary N) is 1. The molecule has 1 heterocycles. The lowest BCUT2D eigenvalue weighted by Crippen LogP contribution is -2.36. The van der Waals surface area contributed by atoms with E-state index >= 15 is 0 Å². The number of carbonyl (C=O) groups is 1. The zero-order chi connectivity index (χ0) is 13.2. The lowest BCUT2D eigenvalue weighted by atomic mass is 10.1. The summed E-state index contributed by atoms with van der Waals surface area (Å²) in [5.74, 6) is -0.0771. The summed E-state index contributed by atoms with van der Waals surface area (Å²) < 4.78 is 1.12. The Balaban J connectivity index is 1.78. The molecule has 0 radical (unpaired) electrons. The van der Waals surface area contributed by atoms with Crippen LogP contribution in [0, 0.1) is 17.2 Å². The smallest absolute Gasteiger partial charge is 0.261 e. The quantitative estimate of drug-likeness (QED) is 0.910. The van der Waals surface area contributed by atoms with Gasteiger partial charge in [0.2, 0.25) is 0 Å². The van der Waals surface area contributed by atoms with Crippen molar-refractivity contribution in [3.8, 4) is 6.07 Å². The van der Waals surface area contributed by atoms with Crippen LogP contribution >= 0.6 is 11.3 Å². The minimum Gasteiger partial charge on any atom is -0.347 e. The molecule has 1 aliphatic rings. The number of fused-ring (bicyclic) bond motifs is 1. The fourth-order valence-corrected chi connectivity index (χ4v) is 3.59. The second kappa shape index (κ2) is 5.02. The summed E-state index contributed by atoms with van der Waals surface area (Å²) in [4.78, 5) is 12.9. The first-order chi connectivity index (χ1) is 9.28. The van der Waals surface area contributed by atoms with Crippen molar-refractivity contribution in [1.82, 2.24) is 5.32 Å². The third-order valence-corrected chi connectivity index (χ3v) is 4.76. The van der Waals surface area contributed by atoms with Crippen LogP contribution < -0.4 is 5.32 Å². The van der Waals surface area contributed by atoms with Crippen LogP contribution in [0.3, 0.4) is 0 Å². The summed E-state index contributed by atoms with van der Waals surface area (Å²) in [6, 6.07) is 12.2. The molecule has 1 N–H and O–H groups in total. The molecule has 3 nitrogen and oxygen atoms in total. The van der Waals surface area contributed by atoms with Gasteiger partial charge in [-0.2, -0.15) is 5.26 Å². The predicted octanol–water partition coefficient (Wildman–Crippen LogP) is 3.32. The number of nitriles is 1. The van der Waals surface area contributed by atoms with Crippen LogP contribution in [0.25, 0.3) is 10.1 Å². The number of nitrogens with zero attached hydrogens (tertiary/aromatic N) is 1. The van der Waals surface area contributed by atoms with Crippen LogP contribution in [0.5, 0.6) is 0 Å². The molecule has 1 aromatic carbocycles. The minimum atomic E-state index is -0.0478. The molecule has 1 saturated carbocycles. The Morgan fingerprint density at radius 2 is 2.21 bits per heavy atom. The fourth-order valence-electron chi connectivity index (χ4n) is 2.62. The number of carbonyl (C=O) groups excluding carboxylic acids is 1. The standard InChI is InChI=1S/C15H14N2OS/c16-9-11-5-3-6-12(11)17-15(18)14-8-10-4-1-2-7-13(10)19-14/h1-2,4,7-8,11-12H,3,5-6H2,(H,17,18). The highest BCUT2D eigenvalue weighted by atomic mass is 32.1. The number of hydrogen-bond donors (Lipinski definition) is 1. The van der Waals surface area contributed by atoms with Gasteiger partial charge in [0.1, 0.15) is 0 Å². The van der Waals surface area contributed by atoms with Gasteiger partial charge >= 0.3 is 0 Å². The SMILES string of the molecule is N#CC1CCCC1NC(=O)c1cc2ccccc2s1. The van der Waals surface area contributed by atoms with Gasteiger partial charge in [-0.3, -0.25) is 4.79 Å². The monoisotopic (exact) mass is 270 g/mol. The number of thiophene rings is 1. The summed E-state index contributed by atoms with van der Waals surface area (Å²) in [5.41, 5.74) is 0. The van der Waals surface area contributed by atoms with Gasteiger partial charge in [0.25, 0.3) is 5.91 Å². The van der Waals surface area contributed by atoms with Crippen LogP contribution in [-0.2, 0) is 0 Å². The normalized spacial score (nSPS) is 22.3. The van der Waals surface area contributed by atoms with E-state index in [1.165, 1.54) is 11.3 Å². The maximum absolute atomic E-state index is 12.2. The van der Waals surface area contributed by atoms with E-state index in [0.717, 1.165) is 34.2 Å². The molecule has 1 aromatic heterocycles. The molecule has 3 rings (SSSR count). The average molecular weight is 270 g/mol. The van der Waals surface area contributed by atoms with Crippen LogP contribution in [0.1, 0.15) is 28.9 Å². The molecular weight excluding hydrogens is 256 g/mol. The second-order valence-corrected chi connectivity index (χ2v) is 5.98. The highest BCUT2D eigenvalue weighted by Gasteiger charge is 2.28. The first kappa shape index (κ1) is 12.2. The van der Waals surface area contributed by atoms with Gasteiger partial charge < -0.3 is 5.32 Å². The molecule has 2 aromatic rings. The zero-order valence-corrected chi connectivity index (χ0v) is 11.2. The first-order valence-corrected chi connectivity index (χ1v) is 7.28. The number of rotatable bonds is 2. The third kappa shape index (κ3) is 2.34. The Morgan fingerprint density at radius 3 is 3.00 bits per heavy atom. The maximum atomic E-state index is 12.2. The molecular formula is C15H14N2OS. The van der Waals surface area contributed by atoms with Gasteiger partial charge in [-0.25, -0.2) is 0 Å². The molecule has 1 fully saturated rings. The topological polar surface area (TPSA) is 52.9 Å². The van der Waals surface area contributed by atoms with Gasteiger partial charge in [0.15, 0.2) is 0 Å². The van der Waals surface area contributed by atoms with E-state index in [1.54, 1.807) is 0 Å². The van der Waals surface area contributed by atoms with Gasteiger partial charge in [-0.1, -0.05) is 18.2 Å². The van der Waals surface area contributed by atoms with Crippen molar-refractivity contribution >= 4 is 27.3 Å². The van der Waals surface area contributed by atoms with Crippen molar-refractivity contribution in [1.29, 1.82) is 5.26 Å². The summed E-state index contributed by atoms with van der Waals surface area (Å²) in [5, 5.41) is 13.1. The summed E-state index contributed by atoms with van der Waals surface area (Å²) in [6.07, 6.45) is 2.83. The van der Waals surface area contributed by atoms with Crippen LogP contribution in [0.15, 0.2) is 30.3 Å². The number of hydrogen-bond acceptors (Lipinski definition) is 3. The van der Waals surface area contributed by atoms with E-state index in [9.17, 15) is 4.79 Å². The minimum absolute atomic E-state index is 0.0164. The maximum Gasteiger partial charge on any atom is 0.261 e. The van der Waals surface area contributed by atoms with Crippen molar-refractivity contribution in [3.05, 3.63) is 35.2 Å². The van der Waals surface area contributed by atoms with E-state index < -0.39 is 0 Å². The van der Waals surface area contributed by atoms with Crippen molar-refractivity contribution in [2.45, 2.75) is 25.3 Å². The molecule has 0 saturated heterocycles. The number of benzene rings is 1. The Bertz CT molecular complexity index is 622. The Labute approximate surface area is 115 Å². The van der Waals surface area contributed by atoms with Gasteiger partial charge in [-0.15, -0.1) is 11.3 Å². The highest BCUT2D eigenvalue weighted by Crippen LogP contribution is 2.28. The Kier molecular flexibility index (Phi) is 3.22. The third-order valence-electron chi connectivity index (χ3n) is 3.65. The average Bonchev–Trinajstić information content (AvgIpc) is 3.03. The molecule has 2 atom stereocenters. The lowest BCUT2D eigenvalue weighted by molar-refractivity contribution is 0.0937. The second-order valence-electron chi connectivity index (χ2n) is 4.89. The molecule has 2 unspecified atom stereocenters. The first-order valence-electron chi connectivity index (χ1n) is 6.47. The Morgan fingerprint density at radius 1 is 1.37 bits per heavy atom. The van der Waals surface area contributed by atoms with E-state index in [1.807, 2.05) is 30.3 Å². The van der Waals surface area contributed by atoms with Gasteiger partial charge in [-0.05, 0) is 36.8 Å². The molecule has 0 aliphatic heterocycles. The lowest BCUT2D eigenvalue weighted by Gasteiger charge is -2.14. The van der Waals surface area contributed by atoms with Crippen molar-refractivity contribution in [2.75, 3.05) is 0 Å². The molecule has 96 valence electrons. The van der Waals surface area contributed by atoms with Crippen LogP contribution in [-0.4, -0.2) is 11.9 Å². The largest absolute Gasteiger partial charge is 0.347 e. The van der Waals surface area contributed by atoms with Crippen molar-refractivity contribution in [3.63, 3.8) is 0 Å². The van der Waals surface area contributed by atoms with Crippen molar-refractivity contribution < 1.29 is 4.79 Å². The van der Waals surface area contributed by atoms with Crippen molar-refractivity contribution in [2.24, 2.45) is 5.92 Å². The molecule has 1 amide bonds. The zero-order valence-electron chi connectivity index (χ0n) is 10.4. The van der Waals surface area contributed by atoms with E-state index in [-0.39, 0.29) is 17.9 Å². The Hall–Kier alpha value is -1.86. The van der Waals surface area contributed by atoms with Crippen LogP contribution in [0.2, 0.25) is 0 Å². The summed E-state index contributed by atoms with van der Waals surface area (Å²) in [7, 11) is 0. The number of amides is 1. The van der Waals surface area contributed by atoms with E-state index in [4.69, 9.17) is 5.26 Å². The van der Waals surface area contributed by atoms with Gasteiger partial charge in [0, 0.05) is 10.7 Å². The fraction of sp³-hybridized carbons (Fsp3) is 0.333. The predicted molar refractivity (Wildman–Crippen MR) is 76.0 cm³/mol. The molecule has 0 spiro atoms.